The van der Waals surface area contributed by atoms with Crippen LogP contribution in [0.15, 0.2) is 103 Å². The number of aromatic nitrogens is 1. The molecule has 1 saturated carbocycles. The standard InChI is InChI=1S/C47H50N2O2/c1-29-11-7-17-37-44(29)46-33(27-28-39(46)48(37)31-12-3-2-4-13-31)30-23-25-32(26-24-30)49(38-18-10-22-43-45(38)36-16-9-21-42(36)50-43)40-19-8-15-35-34-14-5-6-20-41(34)51-47(35)40/h3,5-6,8,10,12-15,18-19,22-23,25-26,29-30,33,36,41-43,45H,2,4,7,9,11,16-17,20-21,24,27-28H2,1H3. The molecule has 2 aliphatic heterocycles. The van der Waals surface area contributed by atoms with Crippen LogP contribution in [0.3, 0.4) is 0 Å². The number of hydrogen-bond donors (Lipinski definition) is 0. The van der Waals surface area contributed by atoms with Crippen molar-refractivity contribution in [1.82, 2.24) is 4.57 Å². The van der Waals surface area contributed by atoms with Crippen LogP contribution >= 0.6 is 0 Å². The SMILES string of the molecule is CC1CCCc2c1c1c(n2C2=CCCC=C2)CCC1C1C=CC(N(C2=CC=CC3OC4CCCC4C23)c2cccc3c2OC2CC=CC=C32)=CC1. The fourth-order valence-corrected chi connectivity index (χ4v) is 11.7. The summed E-state index contributed by atoms with van der Waals surface area (Å²) < 4.78 is 16.3. The van der Waals surface area contributed by atoms with E-state index in [-0.39, 0.29) is 12.2 Å². The smallest absolute Gasteiger partial charge is 0.151 e. The first-order valence-corrected chi connectivity index (χ1v) is 20.3. The van der Waals surface area contributed by atoms with Gasteiger partial charge in [0.15, 0.2) is 5.75 Å². The van der Waals surface area contributed by atoms with Gasteiger partial charge in [-0.05, 0) is 123 Å². The van der Waals surface area contributed by atoms with Gasteiger partial charge in [0.05, 0.1) is 17.9 Å². The summed E-state index contributed by atoms with van der Waals surface area (Å²) in [4.78, 5) is 2.59. The number of rotatable bonds is 5. The third kappa shape index (κ3) is 4.67. The molecule has 0 bridgehead atoms. The van der Waals surface area contributed by atoms with E-state index in [2.05, 4.69) is 108 Å². The van der Waals surface area contributed by atoms with Crippen molar-refractivity contribution < 1.29 is 9.47 Å². The molecule has 8 atom stereocenters. The molecule has 0 spiro atoms. The largest absolute Gasteiger partial charge is 0.483 e. The first-order valence-electron chi connectivity index (χ1n) is 20.3. The Morgan fingerprint density at radius 2 is 1.80 bits per heavy atom. The van der Waals surface area contributed by atoms with E-state index in [0.29, 0.717) is 35.7 Å². The first-order chi connectivity index (χ1) is 25.2. The van der Waals surface area contributed by atoms with Crippen LogP contribution in [0.2, 0.25) is 0 Å². The predicted octanol–water partition coefficient (Wildman–Crippen LogP) is 10.9. The van der Waals surface area contributed by atoms with Gasteiger partial charge >= 0.3 is 0 Å². The number of allylic oxidation sites excluding steroid dienone is 11. The molecule has 1 saturated heterocycles. The highest BCUT2D eigenvalue weighted by Gasteiger charge is 2.50. The number of para-hydroxylation sites is 1. The van der Waals surface area contributed by atoms with Crippen LogP contribution in [0.4, 0.5) is 5.69 Å². The molecule has 260 valence electrons. The molecule has 4 nitrogen and oxygen atoms in total. The first kappa shape index (κ1) is 30.6. The van der Waals surface area contributed by atoms with Crippen LogP contribution < -0.4 is 9.64 Å². The highest BCUT2D eigenvalue weighted by atomic mass is 16.5. The minimum Gasteiger partial charge on any atom is -0.483 e. The number of hydrogen-bond acceptors (Lipinski definition) is 3. The molecular weight excluding hydrogens is 625 g/mol. The molecule has 11 rings (SSSR count). The Hall–Kier alpha value is -4.02. The minimum atomic E-state index is 0.104. The molecule has 2 aromatic rings. The van der Waals surface area contributed by atoms with Gasteiger partial charge in [-0.25, -0.2) is 0 Å². The summed E-state index contributed by atoms with van der Waals surface area (Å²) in [6, 6.07) is 6.81. The molecule has 2 fully saturated rings. The molecule has 0 amide bonds. The third-order valence-electron chi connectivity index (χ3n) is 13.9. The number of fused-ring (bicyclic) bond motifs is 9. The number of ether oxygens (including phenoxy) is 2. The normalized spacial score (nSPS) is 33.7. The molecule has 1 aromatic heterocycles. The quantitative estimate of drug-likeness (QED) is 0.316. The van der Waals surface area contributed by atoms with Crippen molar-refractivity contribution in [3.63, 3.8) is 0 Å². The van der Waals surface area contributed by atoms with Gasteiger partial charge in [0.1, 0.15) is 6.10 Å². The van der Waals surface area contributed by atoms with Crippen LogP contribution in [0.25, 0.3) is 11.3 Å². The van der Waals surface area contributed by atoms with Crippen LogP contribution in [-0.4, -0.2) is 22.9 Å². The van der Waals surface area contributed by atoms with Crippen molar-refractivity contribution in [2.75, 3.05) is 4.90 Å². The average Bonchev–Trinajstić information content (AvgIpc) is 3.99. The fraction of sp³-hybridized carbons (Fsp3) is 0.447. The zero-order chi connectivity index (χ0) is 33.6. The van der Waals surface area contributed by atoms with Gasteiger partial charge in [-0.3, -0.25) is 0 Å². The number of anilines is 1. The molecule has 3 heterocycles. The number of nitrogens with zero attached hydrogens (tertiary/aromatic N) is 2. The summed E-state index contributed by atoms with van der Waals surface area (Å²) in [5.74, 6) is 3.72. The van der Waals surface area contributed by atoms with E-state index in [0.717, 1.165) is 25.0 Å². The van der Waals surface area contributed by atoms with Gasteiger partial charge in [0, 0.05) is 52.0 Å². The fourth-order valence-electron chi connectivity index (χ4n) is 11.7. The van der Waals surface area contributed by atoms with Gasteiger partial charge in [0.2, 0.25) is 0 Å². The Labute approximate surface area is 303 Å². The summed E-state index contributed by atoms with van der Waals surface area (Å²) >= 11 is 0. The summed E-state index contributed by atoms with van der Waals surface area (Å²) in [5, 5.41) is 0. The Bertz CT molecular complexity index is 2040. The second-order valence-electron chi connectivity index (χ2n) is 16.6. The molecule has 4 heteroatoms. The van der Waals surface area contributed by atoms with Crippen LogP contribution in [0, 0.1) is 17.8 Å². The zero-order valence-corrected chi connectivity index (χ0v) is 30.0. The van der Waals surface area contributed by atoms with E-state index in [1.165, 1.54) is 91.7 Å². The lowest BCUT2D eigenvalue weighted by molar-refractivity contribution is 0.0611. The molecule has 7 aliphatic carbocycles. The average molecular weight is 675 g/mol. The Morgan fingerprint density at radius 3 is 2.71 bits per heavy atom. The Balaban J connectivity index is 0.974. The van der Waals surface area contributed by atoms with E-state index >= 15 is 0 Å². The van der Waals surface area contributed by atoms with Crippen LogP contribution in [0.5, 0.6) is 5.75 Å². The maximum Gasteiger partial charge on any atom is 0.151 e. The monoisotopic (exact) mass is 674 g/mol. The molecule has 1 aromatic carbocycles. The lowest BCUT2D eigenvalue weighted by Crippen LogP contribution is -2.34. The van der Waals surface area contributed by atoms with Crippen molar-refractivity contribution in [3.05, 3.63) is 131 Å². The summed E-state index contributed by atoms with van der Waals surface area (Å²) in [5.41, 5.74) is 14.5. The number of benzene rings is 1. The van der Waals surface area contributed by atoms with Gasteiger partial charge in [0.25, 0.3) is 0 Å². The van der Waals surface area contributed by atoms with E-state index in [9.17, 15) is 0 Å². The second-order valence-corrected chi connectivity index (χ2v) is 16.6. The van der Waals surface area contributed by atoms with E-state index in [1.54, 1.807) is 22.5 Å². The molecule has 0 radical (unpaired) electrons. The Kier molecular flexibility index (Phi) is 7.21. The van der Waals surface area contributed by atoms with E-state index in [1.807, 2.05) is 0 Å². The van der Waals surface area contributed by atoms with Gasteiger partial charge in [-0.15, -0.1) is 0 Å². The molecule has 9 aliphatic rings. The van der Waals surface area contributed by atoms with Crippen molar-refractivity contribution >= 4 is 17.0 Å². The van der Waals surface area contributed by atoms with Crippen LogP contribution in [-0.2, 0) is 17.6 Å². The van der Waals surface area contributed by atoms with Gasteiger partial charge < -0.3 is 18.9 Å². The second kappa shape index (κ2) is 12.0. The van der Waals surface area contributed by atoms with Crippen molar-refractivity contribution in [3.8, 4) is 5.75 Å². The molecule has 8 unspecified atom stereocenters. The third-order valence-corrected chi connectivity index (χ3v) is 13.9. The van der Waals surface area contributed by atoms with Gasteiger partial charge in [-0.2, -0.15) is 0 Å². The van der Waals surface area contributed by atoms with Crippen molar-refractivity contribution in [1.29, 1.82) is 0 Å². The molecular formula is C47H50N2O2. The maximum atomic E-state index is 6.86. The van der Waals surface area contributed by atoms with E-state index < -0.39 is 0 Å². The van der Waals surface area contributed by atoms with Crippen LogP contribution in [0.1, 0.15) is 111 Å². The summed E-state index contributed by atoms with van der Waals surface area (Å²) in [7, 11) is 0. The summed E-state index contributed by atoms with van der Waals surface area (Å²) in [6.07, 6.45) is 43.5. The molecule has 0 N–H and O–H groups in total. The Morgan fingerprint density at radius 1 is 0.843 bits per heavy atom. The van der Waals surface area contributed by atoms with Crippen molar-refractivity contribution in [2.24, 2.45) is 17.8 Å². The maximum absolute atomic E-state index is 6.86. The van der Waals surface area contributed by atoms with E-state index in [4.69, 9.17) is 9.47 Å². The lowest BCUT2D eigenvalue weighted by atomic mass is 9.77. The van der Waals surface area contributed by atoms with Gasteiger partial charge in [-0.1, -0.05) is 80.2 Å². The minimum absolute atomic E-state index is 0.104. The highest BCUT2D eigenvalue weighted by molar-refractivity contribution is 5.86. The zero-order valence-electron chi connectivity index (χ0n) is 30.0. The summed E-state index contributed by atoms with van der Waals surface area (Å²) in [6.45, 7) is 2.50. The molecule has 51 heavy (non-hydrogen) atoms. The van der Waals surface area contributed by atoms with Crippen molar-refractivity contribution in [2.45, 2.75) is 114 Å². The highest BCUT2D eigenvalue weighted by Crippen LogP contribution is 2.55. The topological polar surface area (TPSA) is 26.6 Å². The predicted molar refractivity (Wildman–Crippen MR) is 207 cm³/mol. The lowest BCUT2D eigenvalue weighted by Gasteiger charge is -2.38.